The van der Waals surface area contributed by atoms with Crippen molar-refractivity contribution in [1.82, 2.24) is 0 Å². The van der Waals surface area contributed by atoms with Crippen LogP contribution in [0.5, 0.6) is 0 Å². The van der Waals surface area contributed by atoms with Crippen LogP contribution in [-0.4, -0.2) is 0 Å². The van der Waals surface area contributed by atoms with Crippen LogP contribution in [0.4, 0.5) is 17.1 Å². The molecule has 0 aliphatic rings. The normalized spacial score (nSPS) is 11.7. The van der Waals surface area contributed by atoms with Gasteiger partial charge in [-0.3, -0.25) is 0 Å². The van der Waals surface area contributed by atoms with Crippen LogP contribution < -0.4 is 4.90 Å². The topological polar surface area (TPSA) is 3.24 Å². The van der Waals surface area contributed by atoms with Crippen LogP contribution in [0.2, 0.25) is 0 Å². The molecule has 0 bridgehead atoms. The molecular formula is C74H49N. The first-order valence-corrected chi connectivity index (χ1v) is 25.9. The highest BCUT2D eigenvalue weighted by Gasteiger charge is 2.22. The van der Waals surface area contributed by atoms with E-state index in [1.165, 1.54) is 120 Å². The number of hydrogen-bond acceptors (Lipinski definition) is 1. The lowest BCUT2D eigenvalue weighted by Crippen LogP contribution is -2.10. The molecular weight excluding hydrogens is 903 g/mol. The molecule has 14 aromatic carbocycles. The maximum absolute atomic E-state index is 2.43. The van der Waals surface area contributed by atoms with E-state index in [2.05, 4.69) is 302 Å². The fraction of sp³-hybridized carbons (Fsp3) is 0. The summed E-state index contributed by atoms with van der Waals surface area (Å²) in [6.07, 6.45) is 4.40. The van der Waals surface area contributed by atoms with Crippen molar-refractivity contribution in [3.63, 3.8) is 0 Å². The Hall–Kier alpha value is -9.82. The Morgan fingerprint density at radius 3 is 1.12 bits per heavy atom. The molecule has 14 rings (SSSR count). The molecule has 0 saturated heterocycles. The Balaban J connectivity index is 0.940. The number of nitrogens with zero attached hydrogens (tertiary/aromatic N) is 1. The van der Waals surface area contributed by atoms with Crippen LogP contribution >= 0.6 is 0 Å². The number of para-hydroxylation sites is 1. The summed E-state index contributed by atoms with van der Waals surface area (Å²) >= 11 is 0. The Morgan fingerprint density at radius 1 is 0.200 bits per heavy atom. The zero-order valence-electron chi connectivity index (χ0n) is 41.2. The van der Waals surface area contributed by atoms with E-state index >= 15 is 0 Å². The Morgan fingerprint density at radius 2 is 0.573 bits per heavy atom. The molecule has 0 unspecified atom stereocenters. The van der Waals surface area contributed by atoms with Crippen molar-refractivity contribution < 1.29 is 0 Å². The second-order valence-corrected chi connectivity index (χ2v) is 19.6. The molecule has 0 fully saturated rings. The first-order chi connectivity index (χ1) is 37.2. The van der Waals surface area contributed by atoms with Crippen LogP contribution in [0.1, 0.15) is 11.1 Å². The minimum atomic E-state index is 1.08. The number of hydrogen-bond donors (Lipinski definition) is 0. The number of rotatable bonds is 9. The van der Waals surface area contributed by atoms with E-state index in [-0.39, 0.29) is 0 Å². The summed E-state index contributed by atoms with van der Waals surface area (Å²) in [6, 6.07) is 105. The molecule has 0 aliphatic carbocycles. The molecule has 350 valence electrons. The van der Waals surface area contributed by atoms with Crippen molar-refractivity contribution in [2.45, 2.75) is 0 Å². The van der Waals surface area contributed by atoms with E-state index in [4.69, 9.17) is 0 Å². The minimum Gasteiger partial charge on any atom is -0.310 e. The maximum atomic E-state index is 2.43. The summed E-state index contributed by atoms with van der Waals surface area (Å²) in [5.41, 5.74) is 15.4. The number of benzene rings is 14. The van der Waals surface area contributed by atoms with Crippen molar-refractivity contribution in [2.24, 2.45) is 0 Å². The van der Waals surface area contributed by atoms with Gasteiger partial charge in [0.05, 0.1) is 0 Å². The van der Waals surface area contributed by atoms with Gasteiger partial charge in [0.15, 0.2) is 0 Å². The quantitative estimate of drug-likeness (QED) is 0.103. The van der Waals surface area contributed by atoms with E-state index < -0.39 is 0 Å². The van der Waals surface area contributed by atoms with Crippen LogP contribution in [0.25, 0.3) is 121 Å². The van der Waals surface area contributed by atoms with Crippen LogP contribution in [0.3, 0.4) is 0 Å². The van der Waals surface area contributed by atoms with Crippen LogP contribution in [0.15, 0.2) is 285 Å². The average molecular weight is 952 g/mol. The highest BCUT2D eigenvalue weighted by atomic mass is 15.1. The Bertz CT molecular complexity index is 4450. The van der Waals surface area contributed by atoms with Crippen molar-refractivity contribution in [1.29, 1.82) is 0 Å². The first-order valence-electron chi connectivity index (χ1n) is 25.9. The zero-order chi connectivity index (χ0) is 49.7. The maximum Gasteiger partial charge on any atom is 0.0468 e. The van der Waals surface area contributed by atoms with E-state index in [0.717, 1.165) is 17.1 Å². The zero-order valence-corrected chi connectivity index (χ0v) is 41.2. The van der Waals surface area contributed by atoms with Gasteiger partial charge in [0.1, 0.15) is 0 Å². The SMILES string of the molecule is C(=C\c1cccc(-c2c3ccccc3c(-c3ccc(N(c4ccccc4)c4ccc5c(-c6ccc7ccccc7c6)c6ccccc6c(-c6ccc7ccccc7c6)c5c4)cc3)c3ccccc23)c1)/c1ccccc1. The fourth-order valence-electron chi connectivity index (χ4n) is 11.7. The van der Waals surface area contributed by atoms with Crippen molar-refractivity contribution in [3.05, 3.63) is 296 Å². The fourth-order valence-corrected chi connectivity index (χ4v) is 11.7. The predicted molar refractivity (Wildman–Crippen MR) is 323 cm³/mol. The molecule has 0 radical (unpaired) electrons. The highest BCUT2D eigenvalue weighted by molar-refractivity contribution is 6.24. The van der Waals surface area contributed by atoms with Gasteiger partial charge in [0, 0.05) is 17.1 Å². The number of fused-ring (bicyclic) bond motifs is 6. The summed E-state index contributed by atoms with van der Waals surface area (Å²) < 4.78 is 0. The van der Waals surface area contributed by atoms with Gasteiger partial charge in [-0.15, -0.1) is 0 Å². The van der Waals surface area contributed by atoms with Crippen LogP contribution in [0, 0.1) is 0 Å². The van der Waals surface area contributed by atoms with Gasteiger partial charge < -0.3 is 4.90 Å². The van der Waals surface area contributed by atoms with E-state index in [1.54, 1.807) is 0 Å². The highest BCUT2D eigenvalue weighted by Crippen LogP contribution is 2.49. The van der Waals surface area contributed by atoms with Gasteiger partial charge in [-0.1, -0.05) is 243 Å². The molecule has 0 N–H and O–H groups in total. The Kier molecular flexibility index (Phi) is 10.9. The van der Waals surface area contributed by atoms with Crippen molar-refractivity contribution >= 4 is 93.8 Å². The molecule has 75 heavy (non-hydrogen) atoms. The molecule has 0 atom stereocenters. The van der Waals surface area contributed by atoms with Crippen molar-refractivity contribution in [2.75, 3.05) is 4.90 Å². The van der Waals surface area contributed by atoms with Gasteiger partial charge >= 0.3 is 0 Å². The monoisotopic (exact) mass is 951 g/mol. The molecule has 14 aromatic rings. The van der Waals surface area contributed by atoms with E-state index in [0.29, 0.717) is 0 Å². The Labute approximate surface area is 437 Å². The third-order valence-electron chi connectivity index (χ3n) is 15.1. The van der Waals surface area contributed by atoms with Gasteiger partial charge in [0.25, 0.3) is 0 Å². The molecule has 0 aliphatic heterocycles. The average Bonchev–Trinajstić information content (AvgIpc) is 3.49. The lowest BCUT2D eigenvalue weighted by molar-refractivity contribution is 1.29. The molecule has 0 heterocycles. The summed E-state index contributed by atoms with van der Waals surface area (Å²) in [5.74, 6) is 0. The van der Waals surface area contributed by atoms with Gasteiger partial charge in [-0.25, -0.2) is 0 Å². The molecule has 0 spiro atoms. The molecule has 0 saturated carbocycles. The van der Waals surface area contributed by atoms with Gasteiger partial charge in [0.2, 0.25) is 0 Å². The smallest absolute Gasteiger partial charge is 0.0468 e. The van der Waals surface area contributed by atoms with E-state index in [9.17, 15) is 0 Å². The van der Waals surface area contributed by atoms with Crippen molar-refractivity contribution in [3.8, 4) is 44.5 Å². The summed E-state index contributed by atoms with van der Waals surface area (Å²) in [6.45, 7) is 0. The molecule has 0 amide bonds. The number of anilines is 3. The third-order valence-corrected chi connectivity index (χ3v) is 15.1. The lowest BCUT2D eigenvalue weighted by atomic mass is 9.85. The van der Waals surface area contributed by atoms with Gasteiger partial charge in [-0.2, -0.15) is 0 Å². The minimum absolute atomic E-state index is 1.08. The standard InChI is InChI=1S/C74H49N/c1-3-18-50(19-4-1)34-35-51-20-17-25-57(46-51)72-65-30-13-11-28-63(65)71(64-29-12-14-31-66(64)72)54-40-42-61(43-41-54)75(60-26-5-2-6-27-60)62-44-45-69-70(49-62)74(59-39-37-53-22-8-10-24-56(53)48-59)68-33-16-15-32-67(68)73(69)58-38-36-52-21-7-9-23-55(52)47-58/h1-49H/b35-34+. The summed E-state index contributed by atoms with van der Waals surface area (Å²) in [5, 5.41) is 14.8. The lowest BCUT2D eigenvalue weighted by Gasteiger charge is -2.27. The largest absolute Gasteiger partial charge is 0.310 e. The molecule has 1 heteroatoms. The van der Waals surface area contributed by atoms with Crippen LogP contribution in [-0.2, 0) is 0 Å². The second-order valence-electron chi connectivity index (χ2n) is 19.6. The predicted octanol–water partition coefficient (Wildman–Crippen LogP) is 20.9. The molecule has 1 nitrogen and oxygen atoms in total. The third kappa shape index (κ3) is 7.90. The van der Waals surface area contributed by atoms with E-state index in [1.807, 2.05) is 0 Å². The summed E-state index contributed by atoms with van der Waals surface area (Å²) in [4.78, 5) is 2.41. The first kappa shape index (κ1) is 43.9. The second kappa shape index (κ2) is 18.7. The molecule has 0 aromatic heterocycles. The summed E-state index contributed by atoms with van der Waals surface area (Å²) in [7, 11) is 0. The van der Waals surface area contributed by atoms with Gasteiger partial charge in [-0.05, 0) is 175 Å².